The molecule has 0 radical (unpaired) electrons. The second-order valence-corrected chi connectivity index (χ2v) is 7.62. The van der Waals surface area contributed by atoms with Crippen LogP contribution in [0.5, 0.6) is 5.75 Å². The molecule has 1 heterocycles. The van der Waals surface area contributed by atoms with E-state index in [1.165, 1.54) is 0 Å². The maximum Gasteiger partial charge on any atom is 0.262 e. The number of carbonyl (C=O) groups is 2. The summed E-state index contributed by atoms with van der Waals surface area (Å²) < 4.78 is 6.95. The van der Waals surface area contributed by atoms with Gasteiger partial charge < -0.3 is 4.74 Å². The molecule has 30 heavy (non-hydrogen) atoms. The van der Waals surface area contributed by atoms with E-state index in [1.54, 1.807) is 61.1 Å². The molecule has 0 atom stereocenters. The Morgan fingerprint density at radius 3 is 2.13 bits per heavy atom. The average molecular weight is 418 g/mol. The minimum absolute atomic E-state index is 0.131. The highest BCUT2D eigenvalue weighted by Crippen LogP contribution is 2.32. The van der Waals surface area contributed by atoms with Crippen LogP contribution in [0.2, 0.25) is 5.02 Å². The third kappa shape index (κ3) is 3.40. The van der Waals surface area contributed by atoms with Crippen molar-refractivity contribution in [3.05, 3.63) is 99.7 Å². The number of benzene rings is 3. The van der Waals surface area contributed by atoms with Crippen molar-refractivity contribution >= 4 is 34.2 Å². The van der Waals surface area contributed by atoms with E-state index in [-0.39, 0.29) is 11.7 Å². The highest BCUT2D eigenvalue weighted by atomic mass is 35.5. The summed E-state index contributed by atoms with van der Waals surface area (Å²) in [4.78, 5) is 26.8. The first-order valence-corrected chi connectivity index (χ1v) is 9.89. The molecule has 0 saturated heterocycles. The van der Waals surface area contributed by atoms with Gasteiger partial charge in [-0.05, 0) is 56.3 Å². The lowest BCUT2D eigenvalue weighted by Gasteiger charge is -2.08. The predicted octanol–water partition coefficient (Wildman–Crippen LogP) is 5.84. The topological polar surface area (TPSA) is 48.3 Å². The molecule has 0 amide bonds. The standard InChI is InChI=1S/C25H20ClNO3/c1-15-4-6-17(7-5-15)24(28)23-16(2)27(22-13-12-20(30-3)14-21(22)23)25(29)18-8-10-19(26)11-9-18/h4-14H,1-3H3. The second-order valence-electron chi connectivity index (χ2n) is 7.19. The number of rotatable bonds is 4. The molecule has 150 valence electrons. The van der Waals surface area contributed by atoms with Gasteiger partial charge in [0.05, 0.1) is 18.2 Å². The fourth-order valence-electron chi connectivity index (χ4n) is 3.64. The van der Waals surface area contributed by atoms with E-state index in [1.807, 2.05) is 31.2 Å². The van der Waals surface area contributed by atoms with Crippen LogP contribution in [0.15, 0.2) is 66.7 Å². The normalized spacial score (nSPS) is 10.9. The minimum atomic E-state index is -0.220. The van der Waals surface area contributed by atoms with Crippen molar-refractivity contribution < 1.29 is 14.3 Å². The number of fused-ring (bicyclic) bond motifs is 1. The Hall–Kier alpha value is -3.37. The highest BCUT2D eigenvalue weighted by Gasteiger charge is 2.25. The van der Waals surface area contributed by atoms with Gasteiger partial charge >= 0.3 is 0 Å². The molecule has 3 aromatic carbocycles. The largest absolute Gasteiger partial charge is 0.497 e. The molecule has 4 nitrogen and oxygen atoms in total. The molecule has 0 aliphatic rings. The average Bonchev–Trinajstić information content (AvgIpc) is 3.04. The Labute approximate surface area is 179 Å². The van der Waals surface area contributed by atoms with E-state index in [4.69, 9.17) is 16.3 Å². The zero-order chi connectivity index (χ0) is 21.4. The van der Waals surface area contributed by atoms with Gasteiger partial charge in [-0.25, -0.2) is 0 Å². The quantitative estimate of drug-likeness (QED) is 0.392. The molecule has 4 rings (SSSR count). The fraction of sp³-hybridized carbons (Fsp3) is 0.120. The Kier molecular flexibility index (Phi) is 5.18. The van der Waals surface area contributed by atoms with E-state index in [9.17, 15) is 9.59 Å². The number of ketones is 1. The number of ether oxygens (including phenoxy) is 1. The third-order valence-corrected chi connectivity index (χ3v) is 5.50. The van der Waals surface area contributed by atoms with Crippen LogP contribution in [-0.4, -0.2) is 23.4 Å². The van der Waals surface area contributed by atoms with Crippen molar-refractivity contribution in [2.24, 2.45) is 0 Å². The Balaban J connectivity index is 1.95. The number of aryl methyl sites for hydroxylation is 1. The van der Waals surface area contributed by atoms with Crippen molar-refractivity contribution in [2.75, 3.05) is 7.11 Å². The van der Waals surface area contributed by atoms with Gasteiger partial charge in [-0.2, -0.15) is 0 Å². The summed E-state index contributed by atoms with van der Waals surface area (Å²) in [6, 6.07) is 19.5. The molecule has 0 bridgehead atoms. The SMILES string of the molecule is COc1ccc2c(c1)c(C(=O)c1ccc(C)cc1)c(C)n2C(=O)c1ccc(Cl)cc1. The van der Waals surface area contributed by atoms with Crippen LogP contribution in [-0.2, 0) is 0 Å². The number of aromatic nitrogens is 1. The molecular weight excluding hydrogens is 398 g/mol. The van der Waals surface area contributed by atoms with Gasteiger partial charge in [-0.1, -0.05) is 41.4 Å². The maximum atomic E-state index is 13.4. The summed E-state index contributed by atoms with van der Waals surface area (Å²) in [7, 11) is 1.57. The van der Waals surface area contributed by atoms with Crippen molar-refractivity contribution in [3.63, 3.8) is 0 Å². The van der Waals surface area contributed by atoms with E-state index >= 15 is 0 Å². The van der Waals surface area contributed by atoms with Crippen LogP contribution >= 0.6 is 11.6 Å². The number of hydrogen-bond acceptors (Lipinski definition) is 3. The van der Waals surface area contributed by atoms with Crippen LogP contribution in [0.4, 0.5) is 0 Å². The summed E-state index contributed by atoms with van der Waals surface area (Å²) in [5, 5.41) is 1.24. The van der Waals surface area contributed by atoms with Crippen molar-refractivity contribution in [3.8, 4) is 5.75 Å². The summed E-state index contributed by atoms with van der Waals surface area (Å²) in [6.45, 7) is 3.77. The fourth-order valence-corrected chi connectivity index (χ4v) is 3.77. The smallest absolute Gasteiger partial charge is 0.262 e. The van der Waals surface area contributed by atoms with Gasteiger partial charge in [0.15, 0.2) is 5.78 Å². The number of carbonyl (C=O) groups excluding carboxylic acids is 2. The summed E-state index contributed by atoms with van der Waals surface area (Å²) in [6.07, 6.45) is 0. The van der Waals surface area contributed by atoms with Crippen molar-refractivity contribution in [1.29, 1.82) is 0 Å². The van der Waals surface area contributed by atoms with E-state index in [0.29, 0.717) is 44.1 Å². The summed E-state index contributed by atoms with van der Waals surface area (Å²) in [5.74, 6) is 0.271. The number of methoxy groups -OCH3 is 1. The third-order valence-electron chi connectivity index (χ3n) is 5.25. The molecule has 0 unspecified atom stereocenters. The predicted molar refractivity (Wildman–Crippen MR) is 119 cm³/mol. The van der Waals surface area contributed by atoms with Crippen LogP contribution in [0.3, 0.4) is 0 Å². The first kappa shape index (κ1) is 19.9. The second kappa shape index (κ2) is 7.81. The molecule has 0 spiro atoms. The van der Waals surface area contributed by atoms with E-state index in [2.05, 4.69) is 0 Å². The molecule has 1 aromatic heterocycles. The molecule has 0 aliphatic carbocycles. The molecular formula is C25H20ClNO3. The van der Waals surface area contributed by atoms with Crippen molar-refractivity contribution in [1.82, 2.24) is 4.57 Å². The molecule has 0 aliphatic heterocycles. The lowest BCUT2D eigenvalue weighted by atomic mass is 9.99. The van der Waals surface area contributed by atoms with Gasteiger partial charge in [0.2, 0.25) is 0 Å². The highest BCUT2D eigenvalue weighted by molar-refractivity contribution is 6.30. The molecule has 4 aromatic rings. The van der Waals surface area contributed by atoms with Crippen LogP contribution in [0.1, 0.15) is 37.5 Å². The van der Waals surface area contributed by atoms with Crippen molar-refractivity contribution in [2.45, 2.75) is 13.8 Å². The zero-order valence-electron chi connectivity index (χ0n) is 16.9. The van der Waals surface area contributed by atoms with Gasteiger partial charge in [-0.15, -0.1) is 0 Å². The van der Waals surface area contributed by atoms with Crippen LogP contribution in [0, 0.1) is 13.8 Å². The number of nitrogens with zero attached hydrogens (tertiary/aromatic N) is 1. The first-order valence-electron chi connectivity index (χ1n) is 9.51. The number of hydrogen-bond donors (Lipinski definition) is 0. The maximum absolute atomic E-state index is 13.4. The Bertz CT molecular complexity index is 1270. The van der Waals surface area contributed by atoms with Gasteiger partial charge in [0.1, 0.15) is 5.75 Å². The summed E-state index contributed by atoms with van der Waals surface area (Å²) in [5.41, 5.74) is 3.88. The van der Waals surface area contributed by atoms with E-state index < -0.39 is 0 Å². The first-order chi connectivity index (χ1) is 14.4. The lowest BCUT2D eigenvalue weighted by molar-refractivity contribution is 0.0963. The summed E-state index contributed by atoms with van der Waals surface area (Å²) >= 11 is 5.97. The van der Waals surface area contributed by atoms with Gasteiger partial charge in [0, 0.05) is 27.2 Å². The molecule has 0 fully saturated rings. The lowest BCUT2D eigenvalue weighted by Crippen LogP contribution is -2.14. The van der Waals surface area contributed by atoms with Gasteiger partial charge in [-0.3, -0.25) is 14.2 Å². The number of halogens is 1. The van der Waals surface area contributed by atoms with Crippen LogP contribution in [0.25, 0.3) is 10.9 Å². The van der Waals surface area contributed by atoms with E-state index in [0.717, 1.165) is 5.56 Å². The Morgan fingerprint density at radius 1 is 0.867 bits per heavy atom. The minimum Gasteiger partial charge on any atom is -0.497 e. The molecule has 5 heteroatoms. The van der Waals surface area contributed by atoms with Gasteiger partial charge in [0.25, 0.3) is 5.91 Å². The molecule has 0 saturated carbocycles. The van der Waals surface area contributed by atoms with Crippen LogP contribution < -0.4 is 4.74 Å². The Morgan fingerprint density at radius 2 is 1.50 bits per heavy atom. The monoisotopic (exact) mass is 417 g/mol. The zero-order valence-corrected chi connectivity index (χ0v) is 17.7. The molecule has 0 N–H and O–H groups in total.